The van der Waals surface area contributed by atoms with Crippen molar-refractivity contribution in [1.82, 2.24) is 0 Å². The van der Waals surface area contributed by atoms with Crippen LogP contribution in [0.4, 0.5) is 4.39 Å². The Balaban J connectivity index is 2.28. The van der Waals surface area contributed by atoms with E-state index in [1.165, 1.54) is 6.07 Å². The Hall–Kier alpha value is -1.06. The van der Waals surface area contributed by atoms with Crippen molar-refractivity contribution in [1.29, 1.82) is 0 Å². The molecule has 0 aliphatic heterocycles. The van der Waals surface area contributed by atoms with Gasteiger partial charge in [0.2, 0.25) is 0 Å². The molecule has 19 heavy (non-hydrogen) atoms. The summed E-state index contributed by atoms with van der Waals surface area (Å²) >= 11 is 9.70. The van der Waals surface area contributed by atoms with Gasteiger partial charge in [0.25, 0.3) is 0 Å². The molecule has 0 saturated carbocycles. The van der Waals surface area contributed by atoms with Crippen molar-refractivity contribution >= 4 is 27.5 Å². The van der Waals surface area contributed by atoms with Crippen LogP contribution in [0.3, 0.4) is 0 Å². The first-order valence-corrected chi connectivity index (χ1v) is 7.06. The zero-order valence-electron chi connectivity index (χ0n) is 10.4. The van der Waals surface area contributed by atoms with Crippen LogP contribution in [-0.4, -0.2) is 7.11 Å². The van der Waals surface area contributed by atoms with E-state index in [0.717, 1.165) is 11.3 Å². The third-order valence-electron chi connectivity index (χ3n) is 2.90. The topological polar surface area (TPSA) is 9.23 Å². The summed E-state index contributed by atoms with van der Waals surface area (Å²) in [6.07, 6.45) is 0.505. The first-order chi connectivity index (χ1) is 9.13. The molecule has 4 heteroatoms. The summed E-state index contributed by atoms with van der Waals surface area (Å²) in [7, 11) is 1.61. The number of hydrogen-bond donors (Lipinski definition) is 0. The molecule has 1 unspecified atom stereocenters. The second kappa shape index (κ2) is 6.40. The maximum atomic E-state index is 13.8. The molecule has 100 valence electrons. The van der Waals surface area contributed by atoms with Gasteiger partial charge in [-0.3, -0.25) is 0 Å². The molecule has 0 bridgehead atoms. The molecule has 0 aliphatic rings. The van der Waals surface area contributed by atoms with Crippen LogP contribution >= 0.6 is 27.5 Å². The largest absolute Gasteiger partial charge is 0.496 e. The summed E-state index contributed by atoms with van der Waals surface area (Å²) in [5, 5.41) is -0.452. The van der Waals surface area contributed by atoms with E-state index >= 15 is 0 Å². The molecule has 1 nitrogen and oxygen atoms in total. The van der Waals surface area contributed by atoms with Crippen LogP contribution in [0.5, 0.6) is 5.75 Å². The molecule has 0 N–H and O–H groups in total. The smallest absolute Gasteiger partial charge is 0.129 e. The van der Waals surface area contributed by atoms with E-state index in [-0.39, 0.29) is 5.82 Å². The van der Waals surface area contributed by atoms with Gasteiger partial charge >= 0.3 is 0 Å². The highest BCUT2D eigenvalue weighted by atomic mass is 79.9. The number of hydrogen-bond acceptors (Lipinski definition) is 1. The Morgan fingerprint density at radius 1 is 1.21 bits per heavy atom. The summed E-state index contributed by atoms with van der Waals surface area (Å²) in [5.74, 6) is 0.463. The van der Waals surface area contributed by atoms with Crippen molar-refractivity contribution in [3.05, 3.63) is 63.9 Å². The van der Waals surface area contributed by atoms with Gasteiger partial charge in [-0.25, -0.2) is 4.39 Å². The van der Waals surface area contributed by atoms with Gasteiger partial charge in [-0.2, -0.15) is 0 Å². The van der Waals surface area contributed by atoms with Gasteiger partial charge < -0.3 is 4.74 Å². The summed E-state index contributed by atoms with van der Waals surface area (Å²) in [6, 6.07) is 12.5. The van der Waals surface area contributed by atoms with E-state index in [0.29, 0.717) is 16.5 Å². The number of halogens is 3. The van der Waals surface area contributed by atoms with Gasteiger partial charge in [-0.05, 0) is 30.2 Å². The molecule has 0 aliphatic carbocycles. The van der Waals surface area contributed by atoms with Gasteiger partial charge in [-0.1, -0.05) is 40.2 Å². The number of benzene rings is 2. The SMILES string of the molecule is COc1ccccc1CC(Cl)c1c(F)cccc1Br. The van der Waals surface area contributed by atoms with Gasteiger partial charge in [-0.15, -0.1) is 11.6 Å². The van der Waals surface area contributed by atoms with Gasteiger partial charge in [0.05, 0.1) is 12.5 Å². The predicted octanol–water partition coefficient (Wildman–Crippen LogP) is 5.12. The molecular formula is C15H13BrClFO. The summed E-state index contributed by atoms with van der Waals surface area (Å²) in [6.45, 7) is 0. The lowest BCUT2D eigenvalue weighted by Gasteiger charge is -2.15. The third kappa shape index (κ3) is 3.28. The fourth-order valence-corrected chi connectivity index (χ4v) is 3.11. The first kappa shape index (κ1) is 14.4. The number of rotatable bonds is 4. The lowest BCUT2D eigenvalue weighted by Crippen LogP contribution is -2.02. The molecule has 2 aromatic carbocycles. The summed E-state index contributed by atoms with van der Waals surface area (Å²) in [4.78, 5) is 0. The normalized spacial score (nSPS) is 12.2. The molecule has 0 radical (unpaired) electrons. The third-order valence-corrected chi connectivity index (χ3v) is 3.97. The van der Waals surface area contributed by atoms with Crippen LogP contribution < -0.4 is 4.74 Å². The van der Waals surface area contributed by atoms with Crippen LogP contribution in [-0.2, 0) is 6.42 Å². The van der Waals surface area contributed by atoms with Crippen molar-refractivity contribution in [2.24, 2.45) is 0 Å². The molecule has 0 saturated heterocycles. The average Bonchev–Trinajstić information content (AvgIpc) is 2.39. The fourth-order valence-electron chi connectivity index (χ4n) is 1.98. The Morgan fingerprint density at radius 3 is 2.63 bits per heavy atom. The van der Waals surface area contributed by atoms with Crippen molar-refractivity contribution in [3.63, 3.8) is 0 Å². The quantitative estimate of drug-likeness (QED) is 0.700. The number of ether oxygens (including phenoxy) is 1. The molecule has 0 amide bonds. The van der Waals surface area contributed by atoms with Crippen molar-refractivity contribution in [3.8, 4) is 5.75 Å². The monoisotopic (exact) mass is 342 g/mol. The Labute approximate surface area is 125 Å². The van der Waals surface area contributed by atoms with Crippen LogP contribution in [0.2, 0.25) is 0 Å². The Kier molecular flexibility index (Phi) is 4.83. The second-order valence-electron chi connectivity index (χ2n) is 4.12. The van der Waals surface area contributed by atoms with E-state index in [1.807, 2.05) is 24.3 Å². The van der Waals surface area contributed by atoms with E-state index < -0.39 is 5.38 Å². The number of methoxy groups -OCH3 is 1. The standard InChI is InChI=1S/C15H13BrClFO/c1-19-14-8-3-2-5-10(14)9-12(17)15-11(16)6-4-7-13(15)18/h2-8,12H,9H2,1H3. The van der Waals surface area contributed by atoms with Crippen LogP contribution in [0, 0.1) is 5.82 Å². The summed E-state index contributed by atoms with van der Waals surface area (Å²) in [5.41, 5.74) is 1.44. The predicted molar refractivity (Wildman–Crippen MR) is 79.4 cm³/mol. The Morgan fingerprint density at radius 2 is 1.95 bits per heavy atom. The fraction of sp³-hybridized carbons (Fsp3) is 0.200. The molecule has 1 atom stereocenters. The van der Waals surface area contributed by atoms with Gasteiger partial charge in [0, 0.05) is 10.0 Å². The van der Waals surface area contributed by atoms with Crippen molar-refractivity contribution in [2.45, 2.75) is 11.8 Å². The zero-order chi connectivity index (χ0) is 13.8. The minimum Gasteiger partial charge on any atom is -0.496 e. The molecule has 2 aromatic rings. The number of alkyl halides is 1. The number of para-hydroxylation sites is 1. The Bertz CT molecular complexity index is 554. The average molecular weight is 344 g/mol. The van der Waals surface area contributed by atoms with E-state index in [4.69, 9.17) is 16.3 Å². The molecule has 0 spiro atoms. The molecule has 0 heterocycles. The molecule has 2 rings (SSSR count). The summed E-state index contributed by atoms with van der Waals surface area (Å²) < 4.78 is 19.8. The van der Waals surface area contributed by atoms with Crippen molar-refractivity contribution < 1.29 is 9.13 Å². The highest BCUT2D eigenvalue weighted by Gasteiger charge is 2.18. The van der Waals surface area contributed by atoms with Crippen molar-refractivity contribution in [2.75, 3.05) is 7.11 Å². The zero-order valence-corrected chi connectivity index (χ0v) is 12.7. The highest BCUT2D eigenvalue weighted by Crippen LogP contribution is 2.34. The molecular weight excluding hydrogens is 331 g/mol. The van der Waals surface area contributed by atoms with Crippen LogP contribution in [0.25, 0.3) is 0 Å². The lowest BCUT2D eigenvalue weighted by atomic mass is 10.0. The van der Waals surface area contributed by atoms with Crippen LogP contribution in [0.1, 0.15) is 16.5 Å². The van der Waals surface area contributed by atoms with Gasteiger partial charge in [0.1, 0.15) is 11.6 Å². The minimum absolute atomic E-state index is 0.302. The second-order valence-corrected chi connectivity index (χ2v) is 5.50. The highest BCUT2D eigenvalue weighted by molar-refractivity contribution is 9.10. The minimum atomic E-state index is -0.452. The maximum Gasteiger partial charge on any atom is 0.129 e. The van der Waals surface area contributed by atoms with E-state index in [9.17, 15) is 4.39 Å². The molecule has 0 aromatic heterocycles. The van der Waals surface area contributed by atoms with E-state index in [1.54, 1.807) is 19.2 Å². The molecule has 0 fully saturated rings. The maximum absolute atomic E-state index is 13.8. The first-order valence-electron chi connectivity index (χ1n) is 5.83. The lowest BCUT2D eigenvalue weighted by molar-refractivity contribution is 0.409. The van der Waals surface area contributed by atoms with Crippen LogP contribution in [0.15, 0.2) is 46.9 Å². The van der Waals surface area contributed by atoms with E-state index in [2.05, 4.69) is 15.9 Å². The van der Waals surface area contributed by atoms with Gasteiger partial charge in [0.15, 0.2) is 0 Å².